The van der Waals surface area contributed by atoms with Crippen LogP contribution in [-0.4, -0.2) is 7.11 Å². The Kier molecular flexibility index (Phi) is 7.93. The van der Waals surface area contributed by atoms with Crippen LogP contribution in [0, 0.1) is 20.8 Å². The van der Waals surface area contributed by atoms with Crippen LogP contribution in [0.2, 0.25) is 0 Å². The average Bonchev–Trinajstić information content (AvgIpc) is 2.78. The number of hydrogen-bond donors (Lipinski definition) is 0. The van der Waals surface area contributed by atoms with Crippen molar-refractivity contribution in [1.29, 1.82) is 0 Å². The minimum Gasteiger partial charge on any atom is -1.00 e. The van der Waals surface area contributed by atoms with Gasteiger partial charge in [0.25, 0.3) is 0 Å². The van der Waals surface area contributed by atoms with Crippen LogP contribution in [0.4, 0.5) is 0 Å². The predicted octanol–water partition coefficient (Wildman–Crippen LogP) is 3.12. The summed E-state index contributed by atoms with van der Waals surface area (Å²) in [7, 11) is -0.200. The fourth-order valence-corrected chi connectivity index (χ4v) is 8.82. The predicted molar refractivity (Wildman–Crippen MR) is 136 cm³/mol. The van der Waals surface area contributed by atoms with E-state index in [4.69, 9.17) is 4.74 Å². The van der Waals surface area contributed by atoms with Crippen molar-refractivity contribution in [3.05, 3.63) is 119 Å². The molecule has 3 heteroatoms. The molecule has 0 radical (unpaired) electrons. The second-order valence-corrected chi connectivity index (χ2v) is 11.8. The standard InChI is InChI=1S/C29H30OP.BrH/c1-22-8-5-11-27(18-22)31(28-12-6-9-23(2)19-28,29-13-7-10-24(3)20-29)21-25-14-16-26(30-4)17-15-25;/h5-20H,21H2,1-4H3;1H/q+1;/p-1. The highest BCUT2D eigenvalue weighted by Crippen LogP contribution is 2.58. The number of hydrogen-bond acceptors (Lipinski definition) is 1. The fraction of sp³-hybridized carbons (Fsp3) is 0.172. The molecule has 4 rings (SSSR count). The highest BCUT2D eigenvalue weighted by Gasteiger charge is 2.45. The molecule has 0 heterocycles. The Labute approximate surface area is 203 Å². The monoisotopic (exact) mass is 504 g/mol. The highest BCUT2D eigenvalue weighted by atomic mass is 79.9. The van der Waals surface area contributed by atoms with Gasteiger partial charge >= 0.3 is 0 Å². The molecule has 1 nitrogen and oxygen atoms in total. The van der Waals surface area contributed by atoms with E-state index >= 15 is 0 Å². The van der Waals surface area contributed by atoms with Gasteiger partial charge in [0.15, 0.2) is 0 Å². The molecule has 0 spiro atoms. The second kappa shape index (κ2) is 10.5. The minimum absolute atomic E-state index is 0. The lowest BCUT2D eigenvalue weighted by molar-refractivity contribution is -0.00000667. The number of rotatable bonds is 6. The lowest BCUT2D eigenvalue weighted by Crippen LogP contribution is -3.00. The zero-order valence-electron chi connectivity index (χ0n) is 19.2. The van der Waals surface area contributed by atoms with Crippen molar-refractivity contribution < 1.29 is 21.7 Å². The smallest absolute Gasteiger partial charge is 0.118 e. The zero-order valence-corrected chi connectivity index (χ0v) is 21.7. The Morgan fingerprint density at radius 2 is 1.00 bits per heavy atom. The highest BCUT2D eigenvalue weighted by molar-refractivity contribution is 7.95. The van der Waals surface area contributed by atoms with Crippen LogP contribution in [0.25, 0.3) is 0 Å². The first kappa shape index (κ1) is 24.2. The van der Waals surface area contributed by atoms with Gasteiger partial charge in [0.1, 0.15) is 28.9 Å². The van der Waals surface area contributed by atoms with Crippen molar-refractivity contribution in [3.63, 3.8) is 0 Å². The Bertz CT molecular complexity index is 1070. The van der Waals surface area contributed by atoms with Crippen LogP contribution in [0.3, 0.4) is 0 Å². The van der Waals surface area contributed by atoms with Crippen LogP contribution in [0.5, 0.6) is 5.75 Å². The van der Waals surface area contributed by atoms with Crippen molar-refractivity contribution in [2.75, 3.05) is 7.11 Å². The first-order valence-electron chi connectivity index (χ1n) is 10.7. The van der Waals surface area contributed by atoms with Gasteiger partial charge in [0.2, 0.25) is 0 Å². The van der Waals surface area contributed by atoms with E-state index in [0.29, 0.717) is 0 Å². The van der Waals surface area contributed by atoms with E-state index in [1.165, 1.54) is 38.2 Å². The van der Waals surface area contributed by atoms with Crippen LogP contribution in [0.15, 0.2) is 97.1 Å². The van der Waals surface area contributed by atoms with E-state index in [0.717, 1.165) is 11.9 Å². The van der Waals surface area contributed by atoms with Gasteiger partial charge in [0.05, 0.1) is 13.3 Å². The zero-order chi connectivity index (χ0) is 21.8. The summed E-state index contributed by atoms with van der Waals surface area (Å²) in [5.74, 6) is 0.898. The quantitative estimate of drug-likeness (QED) is 0.366. The Hall–Kier alpha value is -2.41. The molecule has 4 aromatic rings. The van der Waals surface area contributed by atoms with Gasteiger partial charge in [-0.1, -0.05) is 48.5 Å². The summed E-state index contributed by atoms with van der Waals surface area (Å²) >= 11 is 0. The summed E-state index contributed by atoms with van der Waals surface area (Å²) < 4.78 is 5.41. The van der Waals surface area contributed by atoms with Gasteiger partial charge in [-0.25, -0.2) is 0 Å². The van der Waals surface area contributed by atoms with E-state index < -0.39 is 7.26 Å². The number of ether oxygens (including phenoxy) is 1. The summed E-state index contributed by atoms with van der Waals surface area (Å²) in [5.41, 5.74) is 5.24. The average molecular weight is 505 g/mol. The molecule has 0 fully saturated rings. The normalized spacial score (nSPS) is 11.0. The molecule has 164 valence electrons. The molecule has 0 aliphatic rings. The lowest BCUT2D eigenvalue weighted by atomic mass is 10.2. The van der Waals surface area contributed by atoms with Crippen molar-refractivity contribution in [2.24, 2.45) is 0 Å². The second-order valence-electron chi connectivity index (χ2n) is 8.33. The maximum absolute atomic E-state index is 5.41. The fourth-order valence-electron chi connectivity index (χ4n) is 4.32. The van der Waals surface area contributed by atoms with Gasteiger partial charge < -0.3 is 21.7 Å². The SMILES string of the molecule is COc1ccc(C[P+](c2cccc(C)c2)(c2cccc(C)c2)c2cccc(C)c2)cc1.[Br-]. The molecule has 0 aliphatic heterocycles. The van der Waals surface area contributed by atoms with Crippen LogP contribution in [0.1, 0.15) is 22.3 Å². The number of methoxy groups -OCH3 is 1. The van der Waals surface area contributed by atoms with Crippen molar-refractivity contribution in [3.8, 4) is 5.75 Å². The Balaban J connectivity index is 0.00000289. The van der Waals surface area contributed by atoms with Gasteiger partial charge in [-0.3, -0.25) is 0 Å². The molecule has 0 N–H and O–H groups in total. The topological polar surface area (TPSA) is 9.23 Å². The molecule has 0 unspecified atom stereocenters. The molecular formula is C29H30BrOP. The lowest BCUT2D eigenvalue weighted by Gasteiger charge is -2.28. The van der Waals surface area contributed by atoms with Gasteiger partial charge in [-0.2, -0.15) is 0 Å². The maximum atomic E-state index is 5.41. The summed E-state index contributed by atoms with van der Waals surface area (Å²) in [6.45, 7) is 6.58. The van der Waals surface area contributed by atoms with Crippen LogP contribution >= 0.6 is 7.26 Å². The maximum Gasteiger partial charge on any atom is 0.118 e. The van der Waals surface area contributed by atoms with Gasteiger partial charge in [-0.15, -0.1) is 0 Å². The summed E-state index contributed by atoms with van der Waals surface area (Å²) in [4.78, 5) is 0. The van der Waals surface area contributed by atoms with E-state index in [-0.39, 0.29) is 17.0 Å². The van der Waals surface area contributed by atoms with Crippen molar-refractivity contribution in [2.45, 2.75) is 26.9 Å². The van der Waals surface area contributed by atoms with Crippen LogP contribution in [-0.2, 0) is 6.16 Å². The van der Waals surface area contributed by atoms with Crippen molar-refractivity contribution >= 4 is 23.2 Å². The first-order chi connectivity index (χ1) is 15.0. The van der Waals surface area contributed by atoms with E-state index in [9.17, 15) is 0 Å². The molecule has 0 saturated heterocycles. The number of halogens is 1. The van der Waals surface area contributed by atoms with E-state index in [2.05, 4.69) is 118 Å². The van der Waals surface area contributed by atoms with E-state index in [1.54, 1.807) is 7.11 Å². The molecule has 0 aromatic heterocycles. The van der Waals surface area contributed by atoms with Gasteiger partial charge in [-0.05, 0) is 91.6 Å². The van der Waals surface area contributed by atoms with Crippen molar-refractivity contribution in [1.82, 2.24) is 0 Å². The molecule has 0 atom stereocenters. The minimum atomic E-state index is -1.92. The molecule has 32 heavy (non-hydrogen) atoms. The number of aryl methyl sites for hydroxylation is 3. The third-order valence-corrected chi connectivity index (χ3v) is 10.2. The molecular weight excluding hydrogens is 475 g/mol. The van der Waals surface area contributed by atoms with E-state index in [1.807, 2.05) is 0 Å². The Morgan fingerprint density at radius 3 is 1.34 bits per heavy atom. The largest absolute Gasteiger partial charge is 1.00 e. The third-order valence-electron chi connectivity index (χ3n) is 5.91. The summed E-state index contributed by atoms with van der Waals surface area (Å²) in [5, 5.41) is 4.29. The Morgan fingerprint density at radius 1 is 0.594 bits per heavy atom. The molecule has 0 amide bonds. The van der Waals surface area contributed by atoms with Crippen LogP contribution < -0.4 is 37.6 Å². The summed E-state index contributed by atoms with van der Waals surface area (Å²) in [6, 6.07) is 35.9. The number of benzene rings is 4. The third kappa shape index (κ3) is 4.98. The molecule has 0 saturated carbocycles. The van der Waals surface area contributed by atoms with Gasteiger partial charge in [0, 0.05) is 0 Å². The molecule has 4 aromatic carbocycles. The molecule has 0 bridgehead atoms. The summed E-state index contributed by atoms with van der Waals surface area (Å²) in [6.07, 6.45) is 0.980. The molecule has 0 aliphatic carbocycles. The first-order valence-corrected chi connectivity index (χ1v) is 12.7.